The fourth-order valence-corrected chi connectivity index (χ4v) is 0.218. The lowest BCUT2D eigenvalue weighted by atomic mass is 11.7. The Morgan fingerprint density at radius 1 is 1.17 bits per heavy atom. The van der Waals surface area contributed by atoms with Crippen LogP contribution in [0.4, 0.5) is 0 Å². The third-order valence-electron chi connectivity index (χ3n) is 0.146. The Hall–Kier alpha value is -0.180. The molecule has 12 heavy (non-hydrogen) atoms. The third kappa shape index (κ3) is 52.4. The van der Waals surface area contributed by atoms with Gasteiger partial charge >= 0.3 is 9.24 Å². The molecule has 0 aromatic carbocycles. The highest BCUT2D eigenvalue weighted by atomic mass is 35.7. The van der Waals surface area contributed by atoms with Gasteiger partial charge in [-0.2, -0.15) is 16.8 Å². The van der Waals surface area contributed by atoms with Crippen molar-refractivity contribution in [2.45, 2.75) is 0 Å². The molecule has 11 heteroatoms. The van der Waals surface area contributed by atoms with Crippen LogP contribution in [0.3, 0.4) is 0 Å². The van der Waals surface area contributed by atoms with Gasteiger partial charge in [0.2, 0.25) is 0 Å². The van der Waals surface area contributed by atoms with Crippen molar-refractivity contribution < 1.29 is 21.6 Å². The van der Waals surface area contributed by atoms with Crippen molar-refractivity contribution in [1.82, 2.24) is 0 Å². The van der Waals surface area contributed by atoms with E-state index in [1.54, 1.807) is 0 Å². The minimum Gasteiger partial charge on any atom is -0.215 e. The average Bonchev–Trinajstić information content (AvgIpc) is 1.54. The zero-order chi connectivity index (χ0) is 10.4. The average molecular weight is 257 g/mol. The molecule has 72 valence electrons. The Morgan fingerprint density at radius 3 is 1.42 bits per heavy atom. The van der Waals surface area contributed by atoms with Gasteiger partial charge in [-0.1, -0.05) is 4.40 Å². The molecule has 0 aromatic rings. The molecule has 0 aromatic heterocycles. The summed E-state index contributed by atoms with van der Waals surface area (Å²) in [7, 11) is 0.961. The van der Waals surface area contributed by atoms with Gasteiger partial charge in [-0.15, -0.1) is 0 Å². The lowest BCUT2D eigenvalue weighted by molar-refractivity contribution is 0.564. The number of nitrogens with two attached hydrogens (primary N) is 1. The van der Waals surface area contributed by atoms with E-state index in [2.05, 4.69) is 30.9 Å². The fourth-order valence-electron chi connectivity index (χ4n) is 0.0445. The van der Waals surface area contributed by atoms with Gasteiger partial charge in [0.1, 0.15) is 0 Å². The molecule has 0 unspecified atom stereocenters. The Kier molecular flexibility index (Phi) is 6.53. The van der Waals surface area contributed by atoms with E-state index in [-0.39, 0.29) is 0 Å². The molecule has 0 bridgehead atoms. The predicted molar refractivity (Wildman–Crippen MR) is 41.9 cm³/mol. The van der Waals surface area contributed by atoms with Crippen molar-refractivity contribution in [2.75, 3.05) is 0 Å². The molecule has 2 N–H and O–H groups in total. The number of isocyanates is 1. The van der Waals surface area contributed by atoms with Crippen molar-refractivity contribution in [3.63, 3.8) is 0 Å². The SMILES string of the molecule is NS(=O)(=O)Cl.O=C=NS(=O)(=O)Cl. The van der Waals surface area contributed by atoms with Crippen LogP contribution in [0.25, 0.3) is 0 Å². The quantitative estimate of drug-likeness (QED) is 0.375. The minimum atomic E-state index is -4.00. The molecule has 0 rings (SSSR count). The Labute approximate surface area is 77.3 Å². The summed E-state index contributed by atoms with van der Waals surface area (Å²) in [5.74, 6) is 0. The first-order valence-electron chi connectivity index (χ1n) is 1.82. The number of halogens is 2. The summed E-state index contributed by atoms with van der Waals surface area (Å²) in [5, 5.41) is 4.09. The first-order valence-corrected chi connectivity index (χ1v) is 6.46. The summed E-state index contributed by atoms with van der Waals surface area (Å²) in [6, 6.07) is 0. The number of carbonyl (C=O) groups excluding carboxylic acids is 1. The summed E-state index contributed by atoms with van der Waals surface area (Å²) in [5.41, 5.74) is 0. The standard InChI is InChI=1S/CClNO3S.ClH2NO2S/c2-7(5,6)3-1-4;1-5(2,3)4/h;(H2,2,3,4). The number of hydrogen-bond acceptors (Lipinski definition) is 5. The van der Waals surface area contributed by atoms with Crippen LogP contribution >= 0.6 is 21.4 Å². The van der Waals surface area contributed by atoms with Crippen molar-refractivity contribution in [1.29, 1.82) is 0 Å². The maximum atomic E-state index is 9.57. The van der Waals surface area contributed by atoms with Gasteiger partial charge in [0, 0.05) is 21.4 Å². The first kappa shape index (κ1) is 14.3. The Morgan fingerprint density at radius 2 is 1.42 bits per heavy atom. The number of hydrogen-bond donors (Lipinski definition) is 1. The van der Waals surface area contributed by atoms with Crippen LogP contribution in [0, 0.1) is 0 Å². The first-order chi connectivity index (χ1) is 5.06. The smallest absolute Gasteiger partial charge is 0.215 e. The Bertz CT molecular complexity index is 354. The minimum absolute atomic E-state index is 0.763. The normalized spacial score (nSPS) is 10.6. The maximum Gasteiger partial charge on any atom is 0.350 e. The molecule has 7 nitrogen and oxygen atoms in total. The lowest BCUT2D eigenvalue weighted by Gasteiger charge is -1.67. The molecule has 0 aliphatic carbocycles. The Balaban J connectivity index is 0. The summed E-state index contributed by atoms with van der Waals surface area (Å²) >= 11 is 0. The molecule has 0 spiro atoms. The largest absolute Gasteiger partial charge is 0.350 e. The van der Waals surface area contributed by atoms with Gasteiger partial charge in [-0.25, -0.2) is 9.93 Å². The topological polar surface area (TPSA) is 124 Å². The van der Waals surface area contributed by atoms with E-state index in [9.17, 15) is 16.8 Å². The molecule has 0 fully saturated rings. The van der Waals surface area contributed by atoms with Gasteiger partial charge < -0.3 is 0 Å². The summed E-state index contributed by atoms with van der Waals surface area (Å²) in [4.78, 5) is 9.07. The molecule has 0 aliphatic heterocycles. The number of nitrogens with zero attached hydrogens (tertiary/aromatic N) is 1. The van der Waals surface area contributed by atoms with Gasteiger partial charge in [0.15, 0.2) is 0 Å². The van der Waals surface area contributed by atoms with E-state index in [1.165, 1.54) is 0 Å². The highest BCUT2D eigenvalue weighted by Gasteiger charge is 1.95. The van der Waals surface area contributed by atoms with Crippen LogP contribution in [0.5, 0.6) is 0 Å². The highest BCUT2D eigenvalue weighted by Crippen LogP contribution is 1.93. The van der Waals surface area contributed by atoms with Crippen molar-refractivity contribution in [3.05, 3.63) is 0 Å². The summed E-state index contributed by atoms with van der Waals surface area (Å²) in [6.07, 6.45) is 0.763. The summed E-state index contributed by atoms with van der Waals surface area (Å²) < 4.78 is 39.7. The van der Waals surface area contributed by atoms with Crippen molar-refractivity contribution in [3.8, 4) is 0 Å². The summed E-state index contributed by atoms with van der Waals surface area (Å²) in [6.45, 7) is 0. The molecule has 0 aliphatic rings. The molecular formula is CH2Cl2N2O5S2. The molecule has 0 saturated carbocycles. The van der Waals surface area contributed by atoms with E-state index in [0.717, 1.165) is 6.08 Å². The van der Waals surface area contributed by atoms with Crippen molar-refractivity contribution >= 4 is 45.9 Å². The third-order valence-corrected chi connectivity index (χ3v) is 0.646. The second-order valence-electron chi connectivity index (χ2n) is 1.07. The van der Waals surface area contributed by atoms with Crippen LogP contribution in [0.15, 0.2) is 4.40 Å². The monoisotopic (exact) mass is 256 g/mol. The van der Waals surface area contributed by atoms with Gasteiger partial charge in [-0.3, -0.25) is 0 Å². The predicted octanol–water partition coefficient (Wildman–Crippen LogP) is -0.765. The van der Waals surface area contributed by atoms with Gasteiger partial charge in [-0.05, 0) is 0 Å². The second kappa shape index (κ2) is 5.46. The zero-order valence-corrected chi connectivity index (χ0v) is 8.28. The van der Waals surface area contributed by atoms with E-state index in [0.29, 0.717) is 0 Å². The van der Waals surface area contributed by atoms with Gasteiger partial charge in [0.05, 0.1) is 0 Å². The number of rotatable bonds is 1. The van der Waals surface area contributed by atoms with Crippen LogP contribution < -0.4 is 5.14 Å². The van der Waals surface area contributed by atoms with E-state index in [4.69, 9.17) is 4.79 Å². The molecule has 0 saturated heterocycles. The van der Waals surface area contributed by atoms with Crippen LogP contribution in [-0.2, 0) is 23.3 Å². The molecule has 0 atom stereocenters. The molecule has 0 heterocycles. The lowest BCUT2D eigenvalue weighted by Crippen LogP contribution is -2.00. The highest BCUT2D eigenvalue weighted by molar-refractivity contribution is 8.12. The van der Waals surface area contributed by atoms with Crippen molar-refractivity contribution in [2.24, 2.45) is 9.54 Å². The van der Waals surface area contributed by atoms with Crippen LogP contribution in [0.1, 0.15) is 0 Å². The van der Waals surface area contributed by atoms with E-state index in [1.807, 2.05) is 0 Å². The van der Waals surface area contributed by atoms with Gasteiger partial charge in [0.25, 0.3) is 15.3 Å². The van der Waals surface area contributed by atoms with Crippen LogP contribution in [-0.4, -0.2) is 22.9 Å². The molecule has 0 amide bonds. The van der Waals surface area contributed by atoms with Crippen LogP contribution in [0.2, 0.25) is 0 Å². The van der Waals surface area contributed by atoms with E-state index >= 15 is 0 Å². The molecule has 0 radical (unpaired) electrons. The fraction of sp³-hybridized carbons (Fsp3) is 0. The molecular weight excluding hydrogens is 255 g/mol. The maximum absolute atomic E-state index is 9.57. The zero-order valence-electron chi connectivity index (χ0n) is 5.14. The van der Waals surface area contributed by atoms with E-state index < -0.39 is 18.5 Å². The second-order valence-corrected chi connectivity index (χ2v) is 5.49.